The second kappa shape index (κ2) is 20.0. The Balaban J connectivity index is 0.000000602. The average Bonchev–Trinajstić information content (AvgIpc) is 2.86. The van der Waals surface area contributed by atoms with E-state index in [1.165, 1.54) is 27.8 Å². The molecule has 0 atom stereocenters. The molecule has 2 rings (SSSR count). The standard InChI is InChI=1S/C16H24N2.C13H16.C2H6/c1-5-15(10-12-18(4)13-11-17-3)16-9-7-6-8-14(16)2;1-3-8-12(9-4-2)13-10-6-5-7-11-13;1-2/h5-10,17H,1,11-13H2,2-4H3;3,5-7,9-11H,1,4,8H2,2H3;1-2H3/b15-10+;12-9+;. The Morgan fingerprint density at radius 1 is 0.970 bits per heavy atom. The van der Waals surface area contributed by atoms with Crippen molar-refractivity contribution in [2.45, 2.75) is 40.5 Å². The van der Waals surface area contributed by atoms with Gasteiger partial charge in [-0.2, -0.15) is 0 Å². The lowest BCUT2D eigenvalue weighted by atomic mass is 10.0. The minimum atomic E-state index is 0.942. The van der Waals surface area contributed by atoms with E-state index in [-0.39, 0.29) is 0 Å². The van der Waals surface area contributed by atoms with Gasteiger partial charge in [0, 0.05) is 19.6 Å². The molecule has 1 N–H and O–H groups in total. The van der Waals surface area contributed by atoms with Crippen molar-refractivity contribution in [1.29, 1.82) is 0 Å². The molecule has 0 saturated heterocycles. The maximum absolute atomic E-state index is 3.92. The van der Waals surface area contributed by atoms with Crippen LogP contribution in [0.5, 0.6) is 0 Å². The van der Waals surface area contributed by atoms with Crippen molar-refractivity contribution < 1.29 is 0 Å². The Morgan fingerprint density at radius 2 is 1.61 bits per heavy atom. The summed E-state index contributed by atoms with van der Waals surface area (Å²) >= 11 is 0. The van der Waals surface area contributed by atoms with Crippen LogP contribution in [0.2, 0.25) is 0 Å². The van der Waals surface area contributed by atoms with Crippen molar-refractivity contribution in [2.75, 3.05) is 33.7 Å². The molecule has 2 heteroatoms. The summed E-state index contributed by atoms with van der Waals surface area (Å²) in [4.78, 5) is 2.29. The van der Waals surface area contributed by atoms with Gasteiger partial charge in [0.2, 0.25) is 0 Å². The average molecular weight is 447 g/mol. The van der Waals surface area contributed by atoms with Crippen molar-refractivity contribution in [3.05, 3.63) is 109 Å². The summed E-state index contributed by atoms with van der Waals surface area (Å²) in [6.07, 6.45) is 10.4. The molecular weight excluding hydrogens is 400 g/mol. The molecule has 2 aromatic rings. The summed E-state index contributed by atoms with van der Waals surface area (Å²) in [5.41, 5.74) is 6.46. The molecule has 0 amide bonds. The molecule has 0 aliphatic carbocycles. The van der Waals surface area contributed by atoms with Gasteiger partial charge in [-0.25, -0.2) is 0 Å². The number of benzene rings is 2. The summed E-state index contributed by atoms with van der Waals surface area (Å²) in [5, 5.41) is 3.16. The molecule has 33 heavy (non-hydrogen) atoms. The smallest absolute Gasteiger partial charge is 0.0169 e. The normalized spacial score (nSPS) is 11.1. The first kappa shape index (κ1) is 30.3. The molecule has 0 aliphatic rings. The number of nitrogens with zero attached hydrogens (tertiary/aromatic N) is 1. The molecule has 0 heterocycles. The fraction of sp³-hybridized carbons (Fsp3) is 0.355. The van der Waals surface area contributed by atoms with Gasteiger partial charge >= 0.3 is 0 Å². The maximum atomic E-state index is 3.92. The van der Waals surface area contributed by atoms with Gasteiger partial charge in [0.25, 0.3) is 0 Å². The zero-order valence-corrected chi connectivity index (χ0v) is 21.9. The number of hydrogen-bond acceptors (Lipinski definition) is 2. The highest BCUT2D eigenvalue weighted by atomic mass is 15.1. The van der Waals surface area contributed by atoms with Gasteiger partial charge in [0.15, 0.2) is 0 Å². The lowest BCUT2D eigenvalue weighted by molar-refractivity contribution is 0.371. The molecule has 0 bridgehead atoms. The third-order valence-corrected chi connectivity index (χ3v) is 5.00. The van der Waals surface area contributed by atoms with E-state index in [0.29, 0.717) is 0 Å². The number of likely N-dealkylation sites (N-methyl/N-ethyl adjacent to an activating group) is 2. The van der Waals surface area contributed by atoms with Crippen LogP contribution >= 0.6 is 0 Å². The topological polar surface area (TPSA) is 15.3 Å². The van der Waals surface area contributed by atoms with Gasteiger partial charge in [-0.05, 0) is 61.7 Å². The highest BCUT2D eigenvalue weighted by molar-refractivity contribution is 5.75. The van der Waals surface area contributed by atoms with Gasteiger partial charge in [-0.15, -0.1) is 6.58 Å². The lowest BCUT2D eigenvalue weighted by Gasteiger charge is -2.15. The van der Waals surface area contributed by atoms with E-state index in [2.05, 4.69) is 105 Å². The van der Waals surface area contributed by atoms with E-state index in [4.69, 9.17) is 0 Å². The molecule has 2 aromatic carbocycles. The van der Waals surface area contributed by atoms with Crippen LogP contribution in [0.3, 0.4) is 0 Å². The Morgan fingerprint density at radius 3 is 2.15 bits per heavy atom. The molecule has 2 nitrogen and oxygen atoms in total. The van der Waals surface area contributed by atoms with E-state index >= 15 is 0 Å². The summed E-state index contributed by atoms with van der Waals surface area (Å²) in [5.74, 6) is 0. The van der Waals surface area contributed by atoms with Gasteiger partial charge in [0.1, 0.15) is 0 Å². The fourth-order valence-electron chi connectivity index (χ4n) is 3.22. The van der Waals surface area contributed by atoms with Crippen LogP contribution in [0, 0.1) is 6.92 Å². The Kier molecular flexibility index (Phi) is 18.3. The summed E-state index contributed by atoms with van der Waals surface area (Å²) in [7, 11) is 4.11. The van der Waals surface area contributed by atoms with E-state index in [9.17, 15) is 0 Å². The predicted molar refractivity (Wildman–Crippen MR) is 152 cm³/mol. The first-order valence-corrected chi connectivity index (χ1v) is 12.1. The zero-order chi connectivity index (χ0) is 24.9. The van der Waals surface area contributed by atoms with Gasteiger partial charge < -0.3 is 10.2 Å². The maximum Gasteiger partial charge on any atom is 0.0169 e. The van der Waals surface area contributed by atoms with Crippen molar-refractivity contribution in [2.24, 2.45) is 0 Å². The molecule has 0 fully saturated rings. The van der Waals surface area contributed by atoms with Crippen LogP contribution in [0.25, 0.3) is 11.1 Å². The van der Waals surface area contributed by atoms with Gasteiger partial charge in [0.05, 0.1) is 0 Å². The molecule has 0 spiro atoms. The monoisotopic (exact) mass is 446 g/mol. The number of rotatable bonds is 11. The molecular formula is C31H46N2. The largest absolute Gasteiger partial charge is 0.318 e. The molecule has 0 aromatic heterocycles. The van der Waals surface area contributed by atoms with Crippen LogP contribution in [0.15, 0.2) is 92.1 Å². The van der Waals surface area contributed by atoms with Crippen LogP contribution in [0.1, 0.15) is 50.3 Å². The number of aryl methyl sites for hydroxylation is 1. The number of allylic oxidation sites excluding steroid dienone is 5. The summed E-state index contributed by atoms with van der Waals surface area (Å²) in [6.45, 7) is 19.0. The van der Waals surface area contributed by atoms with E-state index < -0.39 is 0 Å². The summed E-state index contributed by atoms with van der Waals surface area (Å²) < 4.78 is 0. The van der Waals surface area contributed by atoms with Gasteiger partial charge in [-0.3, -0.25) is 0 Å². The minimum absolute atomic E-state index is 0.942. The van der Waals surface area contributed by atoms with Crippen molar-refractivity contribution in [1.82, 2.24) is 10.2 Å². The molecule has 180 valence electrons. The number of nitrogens with one attached hydrogen (secondary N) is 1. The first-order valence-electron chi connectivity index (χ1n) is 12.1. The van der Waals surface area contributed by atoms with Crippen LogP contribution in [-0.4, -0.2) is 38.6 Å². The first-order chi connectivity index (χ1) is 16.1. The summed E-state index contributed by atoms with van der Waals surface area (Å²) in [6, 6.07) is 18.9. The quantitative estimate of drug-likeness (QED) is 0.280. The van der Waals surface area contributed by atoms with Gasteiger partial charge in [-0.1, -0.05) is 106 Å². The zero-order valence-electron chi connectivity index (χ0n) is 21.9. The highest BCUT2D eigenvalue weighted by Crippen LogP contribution is 2.19. The second-order valence-corrected chi connectivity index (χ2v) is 7.54. The van der Waals surface area contributed by atoms with Crippen LogP contribution < -0.4 is 5.32 Å². The van der Waals surface area contributed by atoms with Crippen LogP contribution in [-0.2, 0) is 0 Å². The van der Waals surface area contributed by atoms with Crippen molar-refractivity contribution in [3.8, 4) is 0 Å². The molecule has 0 saturated carbocycles. The Hall–Kier alpha value is -2.68. The SMILES string of the molecule is C=C/C(=C\CN(C)CCNC)c1ccccc1C.C=CC/C(=C\CC)c1ccccc1.CC. The minimum Gasteiger partial charge on any atom is -0.318 e. The van der Waals surface area contributed by atoms with E-state index in [1.54, 1.807) is 0 Å². The number of hydrogen-bond donors (Lipinski definition) is 1. The third kappa shape index (κ3) is 12.8. The van der Waals surface area contributed by atoms with E-state index in [1.807, 2.05) is 39.1 Å². The lowest BCUT2D eigenvalue weighted by Crippen LogP contribution is -2.27. The van der Waals surface area contributed by atoms with E-state index in [0.717, 1.165) is 32.5 Å². The van der Waals surface area contributed by atoms with Crippen molar-refractivity contribution >= 4 is 11.1 Å². The third-order valence-electron chi connectivity index (χ3n) is 5.00. The molecule has 0 unspecified atom stereocenters. The molecule has 0 radical (unpaired) electrons. The predicted octanol–water partition coefficient (Wildman–Crippen LogP) is 7.80. The Labute approximate surface area is 204 Å². The Bertz CT molecular complexity index is 831. The molecule has 0 aliphatic heterocycles. The fourth-order valence-corrected chi connectivity index (χ4v) is 3.22. The highest BCUT2D eigenvalue weighted by Gasteiger charge is 2.02. The van der Waals surface area contributed by atoms with Crippen LogP contribution in [0.4, 0.5) is 0 Å². The van der Waals surface area contributed by atoms with Crippen molar-refractivity contribution in [3.63, 3.8) is 0 Å². The second-order valence-electron chi connectivity index (χ2n) is 7.54.